The molecular formula is C15H21ClO3S. The number of halogens is 1. The van der Waals surface area contributed by atoms with Crippen LogP contribution >= 0.6 is 10.7 Å². The Hall–Kier alpha value is -0.580. The first kappa shape index (κ1) is 15.8. The second-order valence-corrected chi connectivity index (χ2v) is 8.32. The Morgan fingerprint density at radius 1 is 1.20 bits per heavy atom. The third-order valence-electron chi connectivity index (χ3n) is 3.82. The first-order valence-electron chi connectivity index (χ1n) is 7.09. The van der Waals surface area contributed by atoms with Crippen LogP contribution in [0.3, 0.4) is 0 Å². The van der Waals surface area contributed by atoms with E-state index < -0.39 is 9.05 Å². The van der Waals surface area contributed by atoms with Gasteiger partial charge in [-0.3, -0.25) is 0 Å². The van der Waals surface area contributed by atoms with E-state index in [-0.39, 0.29) is 11.7 Å². The lowest BCUT2D eigenvalue weighted by Gasteiger charge is -2.17. The van der Waals surface area contributed by atoms with Gasteiger partial charge < -0.3 is 4.74 Å². The zero-order valence-corrected chi connectivity index (χ0v) is 13.1. The highest BCUT2D eigenvalue weighted by Crippen LogP contribution is 2.26. The van der Waals surface area contributed by atoms with Gasteiger partial charge in [0.1, 0.15) is 0 Å². The van der Waals surface area contributed by atoms with Crippen molar-refractivity contribution in [2.75, 3.05) is 19.0 Å². The van der Waals surface area contributed by atoms with E-state index in [0.717, 1.165) is 12.2 Å². The third-order valence-corrected chi connectivity index (χ3v) is 5.00. The van der Waals surface area contributed by atoms with Crippen LogP contribution in [0.2, 0.25) is 0 Å². The molecule has 1 aromatic rings. The number of benzene rings is 1. The van der Waals surface area contributed by atoms with Crippen LogP contribution in [0.15, 0.2) is 30.3 Å². The number of rotatable bonds is 7. The molecule has 0 aromatic heterocycles. The van der Waals surface area contributed by atoms with Gasteiger partial charge in [-0.1, -0.05) is 43.2 Å². The van der Waals surface area contributed by atoms with E-state index in [1.54, 1.807) is 0 Å². The quantitative estimate of drug-likeness (QED) is 0.723. The summed E-state index contributed by atoms with van der Waals surface area (Å²) in [6.07, 6.45) is 5.02. The minimum atomic E-state index is -3.53. The van der Waals surface area contributed by atoms with E-state index in [0.29, 0.717) is 12.5 Å². The Balaban J connectivity index is 1.92. The molecule has 1 aliphatic carbocycles. The van der Waals surface area contributed by atoms with Gasteiger partial charge in [0.15, 0.2) is 0 Å². The van der Waals surface area contributed by atoms with E-state index >= 15 is 0 Å². The van der Waals surface area contributed by atoms with Crippen molar-refractivity contribution in [3.8, 4) is 0 Å². The number of hydrogen-bond acceptors (Lipinski definition) is 3. The van der Waals surface area contributed by atoms with Crippen molar-refractivity contribution in [2.24, 2.45) is 5.92 Å². The van der Waals surface area contributed by atoms with Crippen molar-refractivity contribution in [1.82, 2.24) is 0 Å². The molecule has 0 radical (unpaired) electrons. The van der Waals surface area contributed by atoms with Crippen molar-refractivity contribution in [2.45, 2.75) is 31.6 Å². The molecule has 1 fully saturated rings. The number of ether oxygens (including phenoxy) is 1. The van der Waals surface area contributed by atoms with Crippen LogP contribution in [-0.2, 0) is 13.8 Å². The summed E-state index contributed by atoms with van der Waals surface area (Å²) in [5.41, 5.74) is 0.961. The van der Waals surface area contributed by atoms with Crippen LogP contribution in [0.4, 0.5) is 0 Å². The fourth-order valence-corrected chi connectivity index (χ4v) is 3.99. The van der Waals surface area contributed by atoms with Crippen molar-refractivity contribution in [1.29, 1.82) is 0 Å². The zero-order chi connectivity index (χ0) is 14.4. The SMILES string of the molecule is O=S(=O)(Cl)CC(COCC1CCCC1)c1ccccc1. The van der Waals surface area contributed by atoms with Gasteiger partial charge in [0.25, 0.3) is 0 Å². The second-order valence-electron chi connectivity index (χ2n) is 5.50. The van der Waals surface area contributed by atoms with Gasteiger partial charge in [-0.15, -0.1) is 0 Å². The maximum Gasteiger partial charge on any atom is 0.233 e. The molecule has 1 unspecified atom stereocenters. The molecule has 20 heavy (non-hydrogen) atoms. The molecule has 1 saturated carbocycles. The maximum absolute atomic E-state index is 11.3. The van der Waals surface area contributed by atoms with E-state index in [1.807, 2.05) is 30.3 Å². The molecule has 0 heterocycles. The third kappa shape index (κ3) is 5.43. The van der Waals surface area contributed by atoms with Gasteiger partial charge in [0, 0.05) is 23.2 Å². The summed E-state index contributed by atoms with van der Waals surface area (Å²) in [6.45, 7) is 1.14. The lowest BCUT2D eigenvalue weighted by Crippen LogP contribution is -2.18. The monoisotopic (exact) mass is 316 g/mol. The standard InChI is InChI=1S/C15H21ClO3S/c16-20(17,18)12-15(14-8-2-1-3-9-14)11-19-10-13-6-4-5-7-13/h1-3,8-9,13,15H,4-7,10-12H2. The van der Waals surface area contributed by atoms with Gasteiger partial charge in [-0.25, -0.2) is 8.42 Å². The predicted molar refractivity (Wildman–Crippen MR) is 81.6 cm³/mol. The van der Waals surface area contributed by atoms with E-state index in [4.69, 9.17) is 15.4 Å². The molecule has 0 aliphatic heterocycles. The summed E-state index contributed by atoms with van der Waals surface area (Å²) in [4.78, 5) is 0. The van der Waals surface area contributed by atoms with Gasteiger partial charge in [-0.2, -0.15) is 0 Å². The van der Waals surface area contributed by atoms with E-state index in [1.165, 1.54) is 25.7 Å². The molecule has 2 rings (SSSR count). The maximum atomic E-state index is 11.3. The second kappa shape index (κ2) is 7.43. The molecule has 0 saturated heterocycles. The van der Waals surface area contributed by atoms with Crippen LogP contribution in [0.25, 0.3) is 0 Å². The summed E-state index contributed by atoms with van der Waals surface area (Å²) < 4.78 is 28.4. The highest BCUT2D eigenvalue weighted by molar-refractivity contribution is 8.13. The summed E-state index contributed by atoms with van der Waals surface area (Å²) in [5.74, 6) is 0.364. The molecule has 0 N–H and O–H groups in total. The first-order valence-corrected chi connectivity index (χ1v) is 9.57. The normalized spacial score (nSPS) is 18.2. The Bertz CT molecular complexity index is 495. The molecular weight excluding hydrogens is 296 g/mol. The number of hydrogen-bond donors (Lipinski definition) is 0. The Labute approximate surface area is 125 Å². The highest BCUT2D eigenvalue weighted by Gasteiger charge is 2.21. The molecule has 1 aromatic carbocycles. The van der Waals surface area contributed by atoms with Gasteiger partial charge in [-0.05, 0) is 24.3 Å². The predicted octanol–water partition coefficient (Wildman–Crippen LogP) is 3.55. The van der Waals surface area contributed by atoms with Gasteiger partial charge in [0.2, 0.25) is 9.05 Å². The van der Waals surface area contributed by atoms with Crippen molar-refractivity contribution < 1.29 is 13.2 Å². The summed E-state index contributed by atoms with van der Waals surface area (Å²) in [6, 6.07) is 9.56. The van der Waals surface area contributed by atoms with E-state index in [2.05, 4.69) is 0 Å². The Morgan fingerprint density at radius 2 is 1.85 bits per heavy atom. The van der Waals surface area contributed by atoms with Gasteiger partial charge in [0.05, 0.1) is 12.4 Å². The Kier molecular flexibility index (Phi) is 5.87. The topological polar surface area (TPSA) is 43.4 Å². The molecule has 3 nitrogen and oxygen atoms in total. The minimum Gasteiger partial charge on any atom is -0.380 e. The fourth-order valence-electron chi connectivity index (χ4n) is 2.76. The van der Waals surface area contributed by atoms with Crippen LogP contribution in [0.1, 0.15) is 37.2 Å². The van der Waals surface area contributed by atoms with Crippen LogP contribution < -0.4 is 0 Å². The molecule has 0 amide bonds. The van der Waals surface area contributed by atoms with E-state index in [9.17, 15) is 8.42 Å². The smallest absolute Gasteiger partial charge is 0.233 e. The average molecular weight is 317 g/mol. The lowest BCUT2D eigenvalue weighted by atomic mass is 10.0. The summed E-state index contributed by atoms with van der Waals surface area (Å²) in [7, 11) is 1.87. The fraction of sp³-hybridized carbons (Fsp3) is 0.600. The van der Waals surface area contributed by atoms with Crippen molar-refractivity contribution in [3.63, 3.8) is 0 Å². The van der Waals surface area contributed by atoms with Crippen LogP contribution in [0.5, 0.6) is 0 Å². The molecule has 112 valence electrons. The van der Waals surface area contributed by atoms with Crippen molar-refractivity contribution in [3.05, 3.63) is 35.9 Å². The molecule has 0 bridgehead atoms. The largest absolute Gasteiger partial charge is 0.380 e. The molecule has 1 aliphatic rings. The molecule has 5 heteroatoms. The zero-order valence-electron chi connectivity index (χ0n) is 11.5. The van der Waals surface area contributed by atoms with Crippen molar-refractivity contribution >= 4 is 19.7 Å². The van der Waals surface area contributed by atoms with Gasteiger partial charge >= 0.3 is 0 Å². The highest BCUT2D eigenvalue weighted by atomic mass is 35.7. The average Bonchev–Trinajstić information content (AvgIpc) is 2.90. The molecule has 0 spiro atoms. The lowest BCUT2D eigenvalue weighted by molar-refractivity contribution is 0.0929. The first-order chi connectivity index (χ1) is 9.54. The Morgan fingerprint density at radius 3 is 2.45 bits per heavy atom. The van der Waals surface area contributed by atoms with Crippen LogP contribution in [-0.4, -0.2) is 27.4 Å². The van der Waals surface area contributed by atoms with Crippen LogP contribution in [0, 0.1) is 5.92 Å². The summed E-state index contributed by atoms with van der Waals surface area (Å²) >= 11 is 0. The minimum absolute atomic E-state index is 0.0801. The summed E-state index contributed by atoms with van der Waals surface area (Å²) in [5, 5.41) is 0. The molecule has 1 atom stereocenters.